The van der Waals surface area contributed by atoms with Crippen LogP contribution in [-0.4, -0.2) is 25.7 Å². The lowest BCUT2D eigenvalue weighted by atomic mass is 9.80. The lowest BCUT2D eigenvalue weighted by Gasteiger charge is -2.33. The van der Waals surface area contributed by atoms with Crippen molar-refractivity contribution < 1.29 is 8.42 Å². The number of anilines is 1. The first-order valence-electron chi connectivity index (χ1n) is 6.79. The highest BCUT2D eigenvalue weighted by molar-refractivity contribution is 7.90. The second-order valence-electron chi connectivity index (χ2n) is 5.80. The molecule has 0 aromatic carbocycles. The molecular weight excluding hydrogens is 260 g/mol. The monoisotopic (exact) mass is 282 g/mol. The molecule has 0 saturated heterocycles. The molecule has 1 N–H and O–H groups in total. The number of hydrogen-bond acceptors (Lipinski definition) is 4. The van der Waals surface area contributed by atoms with Crippen LogP contribution in [-0.2, 0) is 9.84 Å². The van der Waals surface area contributed by atoms with Crippen LogP contribution in [0.2, 0.25) is 0 Å². The summed E-state index contributed by atoms with van der Waals surface area (Å²) < 4.78 is 22.7. The van der Waals surface area contributed by atoms with E-state index in [4.69, 9.17) is 0 Å². The predicted octanol–water partition coefficient (Wildman–Crippen LogP) is 2.72. The van der Waals surface area contributed by atoms with Crippen molar-refractivity contribution in [3.8, 4) is 0 Å². The van der Waals surface area contributed by atoms with E-state index in [1.807, 2.05) is 0 Å². The molecule has 1 saturated carbocycles. The first-order chi connectivity index (χ1) is 8.86. The van der Waals surface area contributed by atoms with Crippen molar-refractivity contribution in [2.75, 3.05) is 11.6 Å². The van der Waals surface area contributed by atoms with Gasteiger partial charge in [0, 0.05) is 12.3 Å². The van der Waals surface area contributed by atoms with Gasteiger partial charge in [-0.3, -0.25) is 0 Å². The van der Waals surface area contributed by atoms with Crippen LogP contribution in [0.25, 0.3) is 0 Å². The largest absolute Gasteiger partial charge is 0.381 e. The Morgan fingerprint density at radius 3 is 2.53 bits per heavy atom. The van der Waals surface area contributed by atoms with Gasteiger partial charge >= 0.3 is 0 Å². The Morgan fingerprint density at radius 1 is 1.26 bits per heavy atom. The zero-order valence-corrected chi connectivity index (χ0v) is 12.6. The van der Waals surface area contributed by atoms with Crippen LogP contribution in [0, 0.1) is 11.8 Å². The van der Waals surface area contributed by atoms with Gasteiger partial charge in [0.1, 0.15) is 0 Å². The summed E-state index contributed by atoms with van der Waals surface area (Å²) in [6.45, 7) is 4.57. The van der Waals surface area contributed by atoms with Crippen LogP contribution in [0.5, 0.6) is 0 Å². The van der Waals surface area contributed by atoms with E-state index in [1.54, 1.807) is 18.3 Å². The molecule has 1 aromatic rings. The number of aromatic nitrogens is 1. The van der Waals surface area contributed by atoms with Crippen LogP contribution in [0.4, 0.5) is 5.69 Å². The van der Waals surface area contributed by atoms with Crippen LogP contribution < -0.4 is 5.32 Å². The van der Waals surface area contributed by atoms with Crippen molar-refractivity contribution in [3.05, 3.63) is 18.3 Å². The summed E-state index contributed by atoms with van der Waals surface area (Å²) in [5, 5.41) is 3.60. The average molecular weight is 282 g/mol. The molecule has 4 nitrogen and oxygen atoms in total. The van der Waals surface area contributed by atoms with Crippen molar-refractivity contribution in [3.63, 3.8) is 0 Å². The molecule has 0 amide bonds. The van der Waals surface area contributed by atoms with E-state index in [9.17, 15) is 8.42 Å². The van der Waals surface area contributed by atoms with Gasteiger partial charge in [-0.2, -0.15) is 0 Å². The quantitative estimate of drug-likeness (QED) is 0.926. The highest BCUT2D eigenvalue weighted by Crippen LogP contribution is 2.30. The van der Waals surface area contributed by atoms with Crippen LogP contribution >= 0.6 is 0 Å². The minimum atomic E-state index is -3.21. The summed E-state index contributed by atoms with van der Waals surface area (Å²) in [5.41, 5.74) is 0.902. The summed E-state index contributed by atoms with van der Waals surface area (Å²) in [7, 11) is -3.21. The molecule has 1 heterocycles. The minimum Gasteiger partial charge on any atom is -0.381 e. The highest BCUT2D eigenvalue weighted by Gasteiger charge is 2.25. The predicted molar refractivity (Wildman–Crippen MR) is 76.9 cm³/mol. The van der Waals surface area contributed by atoms with Crippen LogP contribution in [0.15, 0.2) is 23.4 Å². The van der Waals surface area contributed by atoms with Crippen LogP contribution in [0.1, 0.15) is 33.1 Å². The van der Waals surface area contributed by atoms with E-state index in [-0.39, 0.29) is 5.03 Å². The molecule has 19 heavy (non-hydrogen) atoms. The number of nitrogens with zero attached hydrogens (tertiary/aromatic N) is 1. The van der Waals surface area contributed by atoms with Gasteiger partial charge in [0.05, 0.1) is 11.9 Å². The summed E-state index contributed by atoms with van der Waals surface area (Å²) in [6.07, 6.45) is 6.44. The summed E-state index contributed by atoms with van der Waals surface area (Å²) >= 11 is 0. The second-order valence-corrected chi connectivity index (χ2v) is 7.77. The Bertz CT molecular complexity index is 525. The van der Waals surface area contributed by atoms with Crippen molar-refractivity contribution in [2.45, 2.75) is 44.2 Å². The number of nitrogens with one attached hydrogen (secondary N) is 1. The Kier molecular flexibility index (Phi) is 4.13. The topological polar surface area (TPSA) is 59.1 Å². The Morgan fingerprint density at radius 2 is 2.00 bits per heavy atom. The van der Waals surface area contributed by atoms with Gasteiger partial charge < -0.3 is 5.32 Å². The third-order valence-corrected chi connectivity index (χ3v) is 4.90. The standard InChI is InChI=1S/C14H22N2O2S/c1-10-4-6-13(11(2)8-10)16-12-5-7-14(15-9-12)19(3,17)18/h5,7,9-11,13,16H,4,6,8H2,1-3H3. The number of pyridine rings is 1. The van der Waals surface area contributed by atoms with Crippen molar-refractivity contribution in [1.82, 2.24) is 4.98 Å². The SMILES string of the molecule is CC1CCC(Nc2ccc(S(C)(=O)=O)nc2)C(C)C1. The Labute approximate surface area is 115 Å². The van der Waals surface area contributed by atoms with Crippen molar-refractivity contribution in [1.29, 1.82) is 0 Å². The van der Waals surface area contributed by atoms with Crippen molar-refractivity contribution >= 4 is 15.5 Å². The van der Waals surface area contributed by atoms with E-state index in [0.29, 0.717) is 12.0 Å². The molecule has 106 valence electrons. The van der Waals surface area contributed by atoms with Crippen molar-refractivity contribution in [2.24, 2.45) is 11.8 Å². The molecule has 2 rings (SSSR count). The van der Waals surface area contributed by atoms with Gasteiger partial charge in [0.15, 0.2) is 14.9 Å². The smallest absolute Gasteiger partial charge is 0.192 e. The molecule has 1 aromatic heterocycles. The molecule has 1 fully saturated rings. The Balaban J connectivity index is 2.04. The molecule has 1 aliphatic rings. The molecule has 0 bridgehead atoms. The molecule has 0 aliphatic heterocycles. The first-order valence-corrected chi connectivity index (χ1v) is 8.68. The zero-order chi connectivity index (χ0) is 14.0. The van der Waals surface area contributed by atoms with Gasteiger partial charge in [-0.15, -0.1) is 0 Å². The third-order valence-electron chi connectivity index (χ3n) is 3.90. The highest BCUT2D eigenvalue weighted by atomic mass is 32.2. The fourth-order valence-electron chi connectivity index (χ4n) is 2.78. The van der Waals surface area contributed by atoms with E-state index >= 15 is 0 Å². The second kappa shape index (κ2) is 5.49. The number of sulfone groups is 1. The maximum atomic E-state index is 11.3. The zero-order valence-electron chi connectivity index (χ0n) is 11.8. The Hall–Kier alpha value is -1.10. The van der Waals surface area contributed by atoms with E-state index < -0.39 is 9.84 Å². The van der Waals surface area contributed by atoms with Gasteiger partial charge in [-0.1, -0.05) is 13.8 Å². The lowest BCUT2D eigenvalue weighted by molar-refractivity contribution is 0.276. The number of rotatable bonds is 3. The molecule has 0 radical (unpaired) electrons. The molecule has 3 atom stereocenters. The van der Waals surface area contributed by atoms with Gasteiger partial charge in [-0.25, -0.2) is 13.4 Å². The lowest BCUT2D eigenvalue weighted by Crippen LogP contribution is -2.33. The van der Waals surface area contributed by atoms with E-state index in [2.05, 4.69) is 24.1 Å². The molecule has 0 spiro atoms. The summed E-state index contributed by atoms with van der Waals surface area (Å²) in [5.74, 6) is 1.44. The molecule has 5 heteroatoms. The van der Waals surface area contributed by atoms with Gasteiger partial charge in [0.25, 0.3) is 0 Å². The average Bonchev–Trinajstić information content (AvgIpc) is 2.32. The molecule has 3 unspecified atom stereocenters. The maximum absolute atomic E-state index is 11.3. The third kappa shape index (κ3) is 3.69. The minimum absolute atomic E-state index is 0.128. The fourth-order valence-corrected chi connectivity index (χ4v) is 3.34. The molecule has 1 aliphatic carbocycles. The summed E-state index contributed by atoms with van der Waals surface area (Å²) in [6, 6.07) is 3.82. The molecular formula is C14H22N2O2S. The maximum Gasteiger partial charge on any atom is 0.192 e. The van der Waals surface area contributed by atoms with E-state index in [0.717, 1.165) is 18.0 Å². The summed E-state index contributed by atoms with van der Waals surface area (Å²) in [4.78, 5) is 4.00. The normalized spacial score (nSPS) is 28.1. The first kappa shape index (κ1) is 14.3. The van der Waals surface area contributed by atoms with Gasteiger partial charge in [-0.05, 0) is 43.2 Å². The van der Waals surface area contributed by atoms with E-state index in [1.165, 1.54) is 19.1 Å². The number of hydrogen-bond donors (Lipinski definition) is 1. The fraction of sp³-hybridized carbons (Fsp3) is 0.643. The van der Waals surface area contributed by atoms with Gasteiger partial charge in [0.2, 0.25) is 0 Å². The van der Waals surface area contributed by atoms with Crippen LogP contribution in [0.3, 0.4) is 0 Å².